The van der Waals surface area contributed by atoms with E-state index in [-0.39, 0.29) is 0 Å². The molecule has 0 radical (unpaired) electrons. The zero-order chi connectivity index (χ0) is 14.5. The highest BCUT2D eigenvalue weighted by Gasteiger charge is 2.10. The van der Waals surface area contributed by atoms with Crippen LogP contribution in [0.15, 0.2) is 65.8 Å². The minimum absolute atomic E-state index is 0.747. The van der Waals surface area contributed by atoms with Crippen LogP contribution in [0.3, 0.4) is 0 Å². The number of rotatable bonds is 5. The van der Waals surface area contributed by atoms with Gasteiger partial charge in [-0.05, 0) is 17.7 Å². The maximum absolute atomic E-state index is 4.57. The lowest BCUT2D eigenvalue weighted by Gasteiger charge is -2.03. The first-order chi connectivity index (χ1) is 10.4. The molecule has 3 aromatic rings. The van der Waals surface area contributed by atoms with Gasteiger partial charge in [0.15, 0.2) is 0 Å². The van der Waals surface area contributed by atoms with Gasteiger partial charge in [-0.15, -0.1) is 5.10 Å². The Kier molecular flexibility index (Phi) is 4.21. The molecular weight excluding hydrogens is 280 g/mol. The van der Waals surface area contributed by atoms with Crippen molar-refractivity contribution in [3.05, 3.63) is 66.2 Å². The molecule has 0 saturated carbocycles. The molecule has 0 unspecified atom stereocenters. The average Bonchev–Trinajstić information content (AvgIpc) is 2.98. The van der Waals surface area contributed by atoms with Crippen LogP contribution in [0.2, 0.25) is 0 Å². The molecule has 0 aliphatic carbocycles. The first kappa shape index (κ1) is 13.7. The minimum Gasteiger partial charge on any atom is -0.357 e. The van der Waals surface area contributed by atoms with Crippen LogP contribution in [0.5, 0.6) is 0 Å². The Morgan fingerprint density at radius 1 is 1.00 bits per heavy atom. The van der Waals surface area contributed by atoms with Gasteiger partial charge in [0, 0.05) is 12.8 Å². The Morgan fingerprint density at radius 2 is 1.67 bits per heavy atom. The lowest BCUT2D eigenvalue weighted by atomic mass is 10.2. The number of benzene rings is 2. The van der Waals surface area contributed by atoms with Crippen LogP contribution in [-0.2, 0) is 5.75 Å². The fourth-order valence-electron chi connectivity index (χ4n) is 1.99. The van der Waals surface area contributed by atoms with E-state index in [4.69, 9.17) is 0 Å². The van der Waals surface area contributed by atoms with E-state index in [1.165, 1.54) is 5.56 Å². The topological polar surface area (TPSA) is 42.7 Å². The van der Waals surface area contributed by atoms with Gasteiger partial charge < -0.3 is 5.32 Å². The van der Waals surface area contributed by atoms with Gasteiger partial charge in [0.25, 0.3) is 0 Å². The largest absolute Gasteiger partial charge is 0.357 e. The van der Waals surface area contributed by atoms with Crippen LogP contribution in [0.4, 0.5) is 5.95 Å². The van der Waals surface area contributed by atoms with Crippen molar-refractivity contribution in [1.29, 1.82) is 0 Å². The Morgan fingerprint density at radius 3 is 2.33 bits per heavy atom. The molecule has 21 heavy (non-hydrogen) atoms. The maximum Gasteiger partial charge on any atom is 0.226 e. The van der Waals surface area contributed by atoms with Crippen molar-refractivity contribution < 1.29 is 0 Å². The lowest BCUT2D eigenvalue weighted by Crippen LogP contribution is -2.02. The van der Waals surface area contributed by atoms with E-state index < -0.39 is 0 Å². The molecule has 1 N–H and O–H groups in total. The Balaban J connectivity index is 1.80. The number of anilines is 1. The first-order valence-corrected chi connectivity index (χ1v) is 7.72. The van der Waals surface area contributed by atoms with Crippen molar-refractivity contribution in [3.8, 4) is 5.69 Å². The quantitative estimate of drug-likeness (QED) is 0.731. The molecule has 1 aromatic heterocycles. The van der Waals surface area contributed by atoms with Gasteiger partial charge in [-0.3, -0.25) is 0 Å². The van der Waals surface area contributed by atoms with Crippen molar-refractivity contribution in [3.63, 3.8) is 0 Å². The Bertz CT molecular complexity index is 695. The van der Waals surface area contributed by atoms with Gasteiger partial charge >= 0.3 is 0 Å². The van der Waals surface area contributed by atoms with Crippen LogP contribution in [0, 0.1) is 0 Å². The average molecular weight is 296 g/mol. The molecule has 1 heterocycles. The SMILES string of the molecule is CNc1nc(SCc2ccccc2)nn1-c1ccccc1. The summed E-state index contributed by atoms with van der Waals surface area (Å²) in [6.07, 6.45) is 0. The van der Waals surface area contributed by atoms with E-state index in [0.717, 1.165) is 22.5 Å². The van der Waals surface area contributed by atoms with Gasteiger partial charge in [-0.2, -0.15) is 9.67 Å². The third kappa shape index (κ3) is 3.25. The number of hydrogen-bond acceptors (Lipinski definition) is 4. The van der Waals surface area contributed by atoms with Crippen molar-refractivity contribution >= 4 is 17.7 Å². The smallest absolute Gasteiger partial charge is 0.226 e. The summed E-state index contributed by atoms with van der Waals surface area (Å²) in [4.78, 5) is 4.52. The summed E-state index contributed by atoms with van der Waals surface area (Å²) in [5.41, 5.74) is 2.27. The van der Waals surface area contributed by atoms with E-state index in [1.807, 2.05) is 60.3 Å². The normalized spacial score (nSPS) is 10.5. The van der Waals surface area contributed by atoms with Crippen LogP contribution in [-0.4, -0.2) is 21.8 Å². The molecule has 0 atom stereocenters. The molecule has 0 aliphatic rings. The second kappa shape index (κ2) is 6.45. The van der Waals surface area contributed by atoms with E-state index >= 15 is 0 Å². The third-order valence-corrected chi connectivity index (χ3v) is 3.93. The fraction of sp³-hybridized carbons (Fsp3) is 0.125. The molecule has 0 bridgehead atoms. The summed E-state index contributed by atoms with van der Waals surface area (Å²) in [6, 6.07) is 20.3. The lowest BCUT2D eigenvalue weighted by molar-refractivity contribution is 0.838. The molecule has 5 heteroatoms. The number of aromatic nitrogens is 3. The summed E-state index contributed by atoms with van der Waals surface area (Å²) >= 11 is 1.64. The molecule has 106 valence electrons. The summed E-state index contributed by atoms with van der Waals surface area (Å²) in [7, 11) is 1.86. The Hall–Kier alpha value is -2.27. The molecule has 2 aromatic carbocycles. The zero-order valence-electron chi connectivity index (χ0n) is 11.7. The van der Waals surface area contributed by atoms with Crippen molar-refractivity contribution in [1.82, 2.24) is 14.8 Å². The second-order valence-corrected chi connectivity index (χ2v) is 5.43. The molecular formula is C16H16N4S. The van der Waals surface area contributed by atoms with Gasteiger partial charge in [0.2, 0.25) is 11.1 Å². The highest BCUT2D eigenvalue weighted by atomic mass is 32.2. The predicted molar refractivity (Wildman–Crippen MR) is 86.9 cm³/mol. The first-order valence-electron chi connectivity index (χ1n) is 6.74. The number of nitrogens with zero attached hydrogens (tertiary/aromatic N) is 3. The van der Waals surface area contributed by atoms with Crippen molar-refractivity contribution in [2.45, 2.75) is 10.9 Å². The Labute approximate surface area is 128 Å². The predicted octanol–water partition coefficient (Wildman–Crippen LogP) is 3.60. The molecule has 0 amide bonds. The zero-order valence-corrected chi connectivity index (χ0v) is 12.5. The van der Waals surface area contributed by atoms with E-state index in [1.54, 1.807) is 11.8 Å². The standard InChI is InChI=1S/C16H16N4S/c1-17-15-18-16(21-12-13-8-4-2-5-9-13)19-20(15)14-10-6-3-7-11-14/h2-11H,12H2,1H3,(H,17,18,19). The molecule has 0 fully saturated rings. The van der Waals surface area contributed by atoms with Gasteiger partial charge in [-0.1, -0.05) is 60.3 Å². The highest BCUT2D eigenvalue weighted by molar-refractivity contribution is 7.98. The highest BCUT2D eigenvalue weighted by Crippen LogP contribution is 2.23. The summed E-state index contributed by atoms with van der Waals surface area (Å²) in [5.74, 6) is 1.61. The maximum atomic E-state index is 4.57. The summed E-state index contributed by atoms with van der Waals surface area (Å²) < 4.78 is 1.83. The monoisotopic (exact) mass is 296 g/mol. The number of para-hydroxylation sites is 1. The molecule has 0 aliphatic heterocycles. The van der Waals surface area contributed by atoms with Crippen LogP contribution < -0.4 is 5.32 Å². The van der Waals surface area contributed by atoms with Crippen molar-refractivity contribution in [2.75, 3.05) is 12.4 Å². The van der Waals surface area contributed by atoms with Gasteiger partial charge in [0.05, 0.1) is 5.69 Å². The molecule has 0 saturated heterocycles. The second-order valence-electron chi connectivity index (χ2n) is 4.49. The molecule has 4 nitrogen and oxygen atoms in total. The molecule has 0 spiro atoms. The van der Waals surface area contributed by atoms with Gasteiger partial charge in [0.1, 0.15) is 0 Å². The number of hydrogen-bond donors (Lipinski definition) is 1. The van der Waals surface area contributed by atoms with Crippen LogP contribution in [0.1, 0.15) is 5.56 Å². The number of nitrogens with one attached hydrogen (secondary N) is 1. The van der Waals surface area contributed by atoms with E-state index in [0.29, 0.717) is 0 Å². The van der Waals surface area contributed by atoms with Crippen LogP contribution >= 0.6 is 11.8 Å². The fourth-order valence-corrected chi connectivity index (χ4v) is 2.77. The third-order valence-electron chi connectivity index (χ3n) is 3.02. The number of thioether (sulfide) groups is 1. The summed E-state index contributed by atoms with van der Waals surface area (Å²) in [5, 5.41) is 8.43. The van der Waals surface area contributed by atoms with Crippen molar-refractivity contribution in [2.24, 2.45) is 0 Å². The minimum atomic E-state index is 0.747. The summed E-state index contributed by atoms with van der Waals surface area (Å²) in [6.45, 7) is 0. The molecule has 3 rings (SSSR count). The van der Waals surface area contributed by atoms with Crippen LogP contribution in [0.25, 0.3) is 5.69 Å². The van der Waals surface area contributed by atoms with E-state index in [9.17, 15) is 0 Å². The van der Waals surface area contributed by atoms with Gasteiger partial charge in [-0.25, -0.2) is 0 Å². The van der Waals surface area contributed by atoms with E-state index in [2.05, 4.69) is 27.5 Å².